The van der Waals surface area contributed by atoms with Crippen molar-refractivity contribution in [3.8, 4) is 11.4 Å². The van der Waals surface area contributed by atoms with Crippen molar-refractivity contribution >= 4 is 87.2 Å². The molecule has 0 unspecified atom stereocenters. The first-order chi connectivity index (χ1) is 15.2. The summed E-state index contributed by atoms with van der Waals surface area (Å²) in [4.78, 5) is 36.9. The number of ether oxygens (including phenoxy) is 1. The molecular formula is C19H16Cl6N4O4. The Bertz CT molecular complexity index is 1020. The summed E-state index contributed by atoms with van der Waals surface area (Å²) in [6.45, 7) is 4.44. The van der Waals surface area contributed by atoms with Crippen LogP contribution in [0, 0.1) is 6.92 Å². The monoisotopic (exact) mass is 574 g/mol. The lowest BCUT2D eigenvalue weighted by atomic mass is 10.1. The van der Waals surface area contributed by atoms with Crippen LogP contribution in [0.25, 0.3) is 11.4 Å². The number of aliphatic carboxylic acids is 1. The van der Waals surface area contributed by atoms with Crippen LogP contribution in [0.15, 0.2) is 30.9 Å². The van der Waals surface area contributed by atoms with Crippen molar-refractivity contribution in [1.29, 1.82) is 0 Å². The number of aryl methyl sites for hydroxylation is 1. The molecule has 0 spiro atoms. The molecule has 1 N–H and O–H groups in total. The molecule has 0 aliphatic carbocycles. The first kappa shape index (κ1) is 27.7. The Balaban J connectivity index is 2.49. The summed E-state index contributed by atoms with van der Waals surface area (Å²) in [6, 6.07) is 4.80. The summed E-state index contributed by atoms with van der Waals surface area (Å²) < 4.78 is 0.929. The van der Waals surface area contributed by atoms with Crippen molar-refractivity contribution < 1.29 is 19.4 Å². The molecule has 1 aromatic heterocycles. The highest BCUT2D eigenvalue weighted by atomic mass is 35.6. The average Bonchev–Trinajstić information content (AvgIpc) is 2.69. The van der Waals surface area contributed by atoms with Gasteiger partial charge in [-0.3, -0.25) is 9.59 Å². The van der Waals surface area contributed by atoms with Gasteiger partial charge in [0.15, 0.2) is 17.5 Å². The van der Waals surface area contributed by atoms with Crippen molar-refractivity contribution in [1.82, 2.24) is 15.0 Å². The molecule has 0 atom stereocenters. The molecule has 0 bridgehead atoms. The second-order valence-electron chi connectivity index (χ2n) is 6.52. The maximum Gasteiger partial charge on any atom is 0.325 e. The number of hydrogen-bond donors (Lipinski definition) is 1. The summed E-state index contributed by atoms with van der Waals surface area (Å²) in [6.07, 6.45) is 1.41. The number of nitrogens with zero attached hydrogens (tertiary/aromatic N) is 4. The molecule has 2 aromatic rings. The quantitative estimate of drug-likeness (QED) is 0.262. The van der Waals surface area contributed by atoms with Crippen molar-refractivity contribution in [2.45, 2.75) is 14.5 Å². The molecule has 0 aliphatic rings. The molecule has 0 saturated heterocycles. The van der Waals surface area contributed by atoms with Crippen molar-refractivity contribution in [3.63, 3.8) is 0 Å². The van der Waals surface area contributed by atoms with Gasteiger partial charge in [0.25, 0.3) is 0 Å². The van der Waals surface area contributed by atoms with Gasteiger partial charge in [-0.15, -0.1) is 0 Å². The Morgan fingerprint density at radius 2 is 1.64 bits per heavy atom. The maximum atomic E-state index is 12.0. The minimum atomic E-state index is -2.01. The van der Waals surface area contributed by atoms with Crippen LogP contribution in [0.1, 0.15) is 17.2 Å². The van der Waals surface area contributed by atoms with Gasteiger partial charge in [0.1, 0.15) is 19.7 Å². The van der Waals surface area contributed by atoms with E-state index in [1.807, 2.05) is 0 Å². The molecule has 2 rings (SSSR count). The third-order valence-corrected chi connectivity index (χ3v) is 4.96. The predicted molar refractivity (Wildman–Crippen MR) is 129 cm³/mol. The maximum absolute atomic E-state index is 12.0. The summed E-state index contributed by atoms with van der Waals surface area (Å²) in [5.41, 5.74) is 1.50. The molecule has 14 heteroatoms. The molecular weight excluding hydrogens is 561 g/mol. The third-order valence-electron chi connectivity index (χ3n) is 3.95. The van der Waals surface area contributed by atoms with Gasteiger partial charge < -0.3 is 14.7 Å². The Morgan fingerprint density at radius 3 is 2.09 bits per heavy atom. The lowest BCUT2D eigenvalue weighted by Crippen LogP contribution is -2.35. The number of esters is 1. The fraction of sp³-hybridized carbons (Fsp3) is 0.316. The molecule has 0 radical (unpaired) electrons. The zero-order valence-corrected chi connectivity index (χ0v) is 21.4. The second-order valence-corrected chi connectivity index (χ2v) is 11.1. The average molecular weight is 577 g/mol. The smallest absolute Gasteiger partial charge is 0.325 e. The van der Waals surface area contributed by atoms with Crippen LogP contribution >= 0.6 is 69.6 Å². The van der Waals surface area contributed by atoms with Crippen LogP contribution in [-0.4, -0.2) is 51.7 Å². The SMILES string of the molecule is C=CCOC(=O)CN(CC(=O)O)c1ccc(-c2nc(C(Cl)(Cl)Cl)nc(C(Cl)(Cl)Cl)n2)cc1C. The summed E-state index contributed by atoms with van der Waals surface area (Å²) >= 11 is 35.4. The Morgan fingerprint density at radius 1 is 1.06 bits per heavy atom. The molecule has 0 fully saturated rings. The number of carbonyl (C=O) groups excluding carboxylic acids is 1. The van der Waals surface area contributed by atoms with E-state index in [0.717, 1.165) is 0 Å². The van der Waals surface area contributed by atoms with Crippen LogP contribution in [0.5, 0.6) is 0 Å². The number of carboxylic acids is 1. The molecule has 1 heterocycles. The van der Waals surface area contributed by atoms with Gasteiger partial charge in [0.2, 0.25) is 7.59 Å². The Labute approximate surface area is 219 Å². The largest absolute Gasteiger partial charge is 0.480 e. The van der Waals surface area contributed by atoms with Crippen LogP contribution in [-0.2, 0) is 21.9 Å². The Hall–Kier alpha value is -1.55. The normalized spacial score (nSPS) is 11.7. The van der Waals surface area contributed by atoms with Gasteiger partial charge in [0.05, 0.1) is 0 Å². The van der Waals surface area contributed by atoms with E-state index in [9.17, 15) is 14.7 Å². The van der Waals surface area contributed by atoms with Crippen LogP contribution in [0.3, 0.4) is 0 Å². The molecule has 8 nitrogen and oxygen atoms in total. The van der Waals surface area contributed by atoms with Crippen LogP contribution < -0.4 is 4.90 Å². The highest BCUT2D eigenvalue weighted by Gasteiger charge is 2.34. The highest BCUT2D eigenvalue weighted by molar-refractivity contribution is 6.67. The minimum Gasteiger partial charge on any atom is -0.480 e. The summed E-state index contributed by atoms with van der Waals surface area (Å²) in [5, 5.41) is 9.26. The number of alkyl halides is 6. The fourth-order valence-electron chi connectivity index (χ4n) is 2.65. The standard InChI is InChI=1S/C19H16Cl6N4O4/c1-3-6-33-14(32)9-29(8-13(30)31)12-5-4-11(7-10(12)2)15-26-16(18(20,21)22)28-17(27-15)19(23,24)25/h3-5,7H,1,6,8-9H2,2H3,(H,30,31). The summed E-state index contributed by atoms with van der Waals surface area (Å²) in [7, 11) is 0. The molecule has 178 valence electrons. The number of carboxylic acid groups (broad SMARTS) is 1. The number of hydrogen-bond acceptors (Lipinski definition) is 7. The van der Waals surface area contributed by atoms with E-state index in [0.29, 0.717) is 16.8 Å². The molecule has 0 aliphatic heterocycles. The zero-order chi connectivity index (χ0) is 25.0. The molecule has 0 amide bonds. The lowest BCUT2D eigenvalue weighted by molar-refractivity contribution is -0.140. The second kappa shape index (κ2) is 11.3. The topological polar surface area (TPSA) is 106 Å². The van der Waals surface area contributed by atoms with E-state index in [1.165, 1.54) is 11.0 Å². The number of anilines is 1. The summed E-state index contributed by atoms with van der Waals surface area (Å²) in [5.74, 6) is -2.20. The van der Waals surface area contributed by atoms with Gasteiger partial charge >= 0.3 is 11.9 Å². The lowest BCUT2D eigenvalue weighted by Gasteiger charge is -2.24. The van der Waals surface area contributed by atoms with E-state index < -0.39 is 26.1 Å². The van der Waals surface area contributed by atoms with Gasteiger partial charge in [-0.1, -0.05) is 82.3 Å². The van der Waals surface area contributed by atoms with Gasteiger partial charge in [-0.2, -0.15) is 0 Å². The fourth-order valence-corrected chi connectivity index (χ4v) is 3.16. The number of carbonyl (C=O) groups is 2. The van der Waals surface area contributed by atoms with Gasteiger partial charge in [0, 0.05) is 11.3 Å². The van der Waals surface area contributed by atoms with Crippen molar-refractivity contribution in [3.05, 3.63) is 48.1 Å². The first-order valence-electron chi connectivity index (χ1n) is 8.97. The molecule has 0 saturated carbocycles. The van der Waals surface area contributed by atoms with E-state index in [4.69, 9.17) is 74.3 Å². The number of aromatic nitrogens is 3. The van der Waals surface area contributed by atoms with Gasteiger partial charge in [-0.25, -0.2) is 15.0 Å². The van der Waals surface area contributed by atoms with Crippen molar-refractivity contribution in [2.75, 3.05) is 24.6 Å². The van der Waals surface area contributed by atoms with E-state index in [1.54, 1.807) is 25.1 Å². The first-order valence-corrected chi connectivity index (χ1v) is 11.2. The highest BCUT2D eigenvalue weighted by Crippen LogP contribution is 2.41. The van der Waals surface area contributed by atoms with Crippen LogP contribution in [0.4, 0.5) is 5.69 Å². The van der Waals surface area contributed by atoms with E-state index in [2.05, 4.69) is 21.5 Å². The number of benzene rings is 1. The zero-order valence-electron chi connectivity index (χ0n) is 16.9. The van der Waals surface area contributed by atoms with E-state index >= 15 is 0 Å². The van der Waals surface area contributed by atoms with E-state index in [-0.39, 0.29) is 30.6 Å². The number of halogens is 6. The Kier molecular flexibility index (Phi) is 9.44. The van der Waals surface area contributed by atoms with Gasteiger partial charge in [-0.05, 0) is 30.7 Å². The molecule has 33 heavy (non-hydrogen) atoms. The van der Waals surface area contributed by atoms with Crippen molar-refractivity contribution in [2.24, 2.45) is 0 Å². The molecule has 1 aromatic carbocycles. The third kappa shape index (κ3) is 8.02. The van der Waals surface area contributed by atoms with Crippen LogP contribution in [0.2, 0.25) is 0 Å². The minimum absolute atomic E-state index is 0.00806. The number of rotatable bonds is 8. The predicted octanol–water partition coefficient (Wildman–Crippen LogP) is 5.12.